The minimum absolute atomic E-state index is 0.00481. The molecule has 2 amide bonds. The number of likely N-dealkylation sites (tertiary alicyclic amines) is 2. The van der Waals surface area contributed by atoms with E-state index in [4.69, 9.17) is 15.2 Å². The van der Waals surface area contributed by atoms with Crippen molar-refractivity contribution >= 4 is 17.8 Å². The number of hydrogen-bond acceptors (Lipinski definition) is 6. The summed E-state index contributed by atoms with van der Waals surface area (Å²) in [5.41, 5.74) is 5.56. The van der Waals surface area contributed by atoms with E-state index in [9.17, 15) is 14.4 Å². The average molecular weight is 446 g/mol. The third-order valence-corrected chi connectivity index (χ3v) is 6.56. The van der Waals surface area contributed by atoms with Gasteiger partial charge in [0, 0.05) is 19.5 Å². The molecule has 0 bridgehead atoms. The normalized spacial score (nSPS) is 23.7. The topological polar surface area (TPSA) is 102 Å². The summed E-state index contributed by atoms with van der Waals surface area (Å²) in [4.78, 5) is 40.6. The summed E-state index contributed by atoms with van der Waals surface area (Å²) in [5.74, 6) is 0.464. The van der Waals surface area contributed by atoms with Crippen molar-refractivity contribution in [3.8, 4) is 5.75 Å². The molecule has 0 spiro atoms. The second-order valence-corrected chi connectivity index (χ2v) is 8.64. The van der Waals surface area contributed by atoms with E-state index in [2.05, 4.69) is 4.90 Å². The zero-order valence-electron chi connectivity index (χ0n) is 18.9. The van der Waals surface area contributed by atoms with Crippen LogP contribution < -0.4 is 10.5 Å². The highest BCUT2D eigenvalue weighted by atomic mass is 16.5. The van der Waals surface area contributed by atoms with Crippen molar-refractivity contribution in [2.75, 3.05) is 39.4 Å². The Balaban J connectivity index is 1.59. The van der Waals surface area contributed by atoms with Crippen LogP contribution in [-0.2, 0) is 19.1 Å². The van der Waals surface area contributed by atoms with Gasteiger partial charge in [0.25, 0.3) is 5.91 Å². The Morgan fingerprint density at radius 3 is 2.59 bits per heavy atom. The zero-order chi connectivity index (χ0) is 22.9. The molecule has 2 N–H and O–H groups in total. The maximum Gasteiger partial charge on any atom is 0.306 e. The number of benzene rings is 1. The fourth-order valence-electron chi connectivity index (χ4n) is 4.84. The van der Waals surface area contributed by atoms with E-state index in [1.165, 1.54) is 0 Å². The average Bonchev–Trinajstić information content (AvgIpc) is 3.26. The van der Waals surface area contributed by atoms with Gasteiger partial charge in [0.2, 0.25) is 5.91 Å². The molecule has 3 unspecified atom stereocenters. The van der Waals surface area contributed by atoms with Gasteiger partial charge in [0.15, 0.2) is 6.61 Å². The predicted molar refractivity (Wildman–Crippen MR) is 120 cm³/mol. The molecule has 8 nitrogen and oxygen atoms in total. The highest BCUT2D eigenvalue weighted by Crippen LogP contribution is 2.31. The Morgan fingerprint density at radius 2 is 1.88 bits per heavy atom. The highest BCUT2D eigenvalue weighted by Gasteiger charge is 2.35. The zero-order valence-corrected chi connectivity index (χ0v) is 18.9. The fraction of sp³-hybridized carbons (Fsp3) is 0.625. The van der Waals surface area contributed by atoms with Crippen molar-refractivity contribution in [3.05, 3.63) is 30.3 Å². The molecule has 1 aromatic rings. The van der Waals surface area contributed by atoms with Crippen LogP contribution in [-0.4, -0.2) is 73.0 Å². The summed E-state index contributed by atoms with van der Waals surface area (Å²) < 4.78 is 10.8. The van der Waals surface area contributed by atoms with Gasteiger partial charge in [-0.3, -0.25) is 19.3 Å². The molecule has 176 valence electrons. The lowest BCUT2D eigenvalue weighted by molar-refractivity contribution is -0.145. The van der Waals surface area contributed by atoms with Crippen LogP contribution in [0.25, 0.3) is 0 Å². The van der Waals surface area contributed by atoms with Crippen LogP contribution >= 0.6 is 0 Å². The van der Waals surface area contributed by atoms with Crippen molar-refractivity contribution < 1.29 is 23.9 Å². The Bertz CT molecular complexity index is 772. The standard InChI is InChI=1S/C24H35N3O5/c1-2-31-23(29)15-18-10-14-27(22(28)17-32-20-7-4-3-5-8-20)16-19(18)11-13-26-12-6-9-21(26)24(25)30/h3-5,7-8,18-19,21H,2,6,9-17H2,1H3,(H2,25,30). The Morgan fingerprint density at radius 1 is 1.09 bits per heavy atom. The van der Waals surface area contributed by atoms with Gasteiger partial charge in [-0.1, -0.05) is 18.2 Å². The number of piperidine rings is 1. The van der Waals surface area contributed by atoms with Gasteiger partial charge in [-0.25, -0.2) is 0 Å². The number of nitrogens with zero attached hydrogens (tertiary/aromatic N) is 2. The fourth-order valence-corrected chi connectivity index (χ4v) is 4.84. The number of carbonyl (C=O) groups excluding carboxylic acids is 3. The van der Waals surface area contributed by atoms with Crippen molar-refractivity contribution in [2.45, 2.75) is 45.1 Å². The number of amides is 2. The summed E-state index contributed by atoms with van der Waals surface area (Å²) in [6.07, 6.45) is 3.68. The van der Waals surface area contributed by atoms with Crippen LogP contribution in [0.4, 0.5) is 0 Å². The van der Waals surface area contributed by atoms with Crippen LogP contribution in [0, 0.1) is 11.8 Å². The summed E-state index contributed by atoms with van der Waals surface area (Å²) in [6, 6.07) is 9.08. The monoisotopic (exact) mass is 445 g/mol. The number of esters is 1. The largest absolute Gasteiger partial charge is 0.484 e. The number of para-hydroxylation sites is 1. The van der Waals surface area contributed by atoms with Gasteiger partial charge in [-0.2, -0.15) is 0 Å². The van der Waals surface area contributed by atoms with E-state index in [-0.39, 0.29) is 42.3 Å². The number of carbonyl (C=O) groups is 3. The second kappa shape index (κ2) is 11.9. The minimum Gasteiger partial charge on any atom is -0.484 e. The molecule has 8 heteroatoms. The lowest BCUT2D eigenvalue weighted by atomic mass is 9.81. The smallest absolute Gasteiger partial charge is 0.306 e. The van der Waals surface area contributed by atoms with E-state index in [0.29, 0.717) is 31.9 Å². The molecular formula is C24H35N3O5. The van der Waals surface area contributed by atoms with Gasteiger partial charge in [-0.05, 0) is 69.7 Å². The Labute approximate surface area is 190 Å². The first-order valence-electron chi connectivity index (χ1n) is 11.6. The molecule has 0 radical (unpaired) electrons. The summed E-state index contributed by atoms with van der Waals surface area (Å²) in [5, 5.41) is 0. The van der Waals surface area contributed by atoms with Crippen LogP contribution in [0.1, 0.15) is 39.0 Å². The predicted octanol–water partition coefficient (Wildman–Crippen LogP) is 1.82. The molecule has 0 aromatic heterocycles. The van der Waals surface area contributed by atoms with Crippen molar-refractivity contribution in [1.29, 1.82) is 0 Å². The number of hydrogen-bond donors (Lipinski definition) is 1. The van der Waals surface area contributed by atoms with E-state index >= 15 is 0 Å². The van der Waals surface area contributed by atoms with Gasteiger partial charge < -0.3 is 20.1 Å². The maximum absolute atomic E-state index is 12.8. The number of nitrogens with two attached hydrogens (primary N) is 1. The van der Waals surface area contributed by atoms with Gasteiger partial charge in [-0.15, -0.1) is 0 Å². The van der Waals surface area contributed by atoms with E-state index in [1.54, 1.807) is 6.92 Å². The highest BCUT2D eigenvalue weighted by molar-refractivity contribution is 5.80. The van der Waals surface area contributed by atoms with Crippen LogP contribution in [0.15, 0.2) is 30.3 Å². The number of ether oxygens (including phenoxy) is 2. The van der Waals surface area contributed by atoms with Crippen molar-refractivity contribution in [2.24, 2.45) is 17.6 Å². The van der Waals surface area contributed by atoms with Gasteiger partial charge >= 0.3 is 5.97 Å². The molecule has 2 saturated heterocycles. The van der Waals surface area contributed by atoms with Crippen molar-refractivity contribution in [3.63, 3.8) is 0 Å². The summed E-state index contributed by atoms with van der Waals surface area (Å²) >= 11 is 0. The van der Waals surface area contributed by atoms with E-state index in [0.717, 1.165) is 38.8 Å². The SMILES string of the molecule is CCOC(=O)CC1CCN(C(=O)COc2ccccc2)CC1CCN1CCCC1C(N)=O. The lowest BCUT2D eigenvalue weighted by Gasteiger charge is -2.39. The molecule has 32 heavy (non-hydrogen) atoms. The third kappa shape index (κ3) is 6.69. The molecular weight excluding hydrogens is 410 g/mol. The molecule has 3 atom stereocenters. The first kappa shape index (κ1) is 24.0. The number of rotatable bonds is 10. The first-order chi connectivity index (χ1) is 15.5. The molecule has 2 heterocycles. The molecule has 2 aliphatic heterocycles. The van der Waals surface area contributed by atoms with E-state index < -0.39 is 0 Å². The summed E-state index contributed by atoms with van der Waals surface area (Å²) in [7, 11) is 0. The maximum atomic E-state index is 12.8. The molecule has 1 aromatic carbocycles. The summed E-state index contributed by atoms with van der Waals surface area (Å²) in [6.45, 7) is 4.94. The van der Waals surface area contributed by atoms with Gasteiger partial charge in [0.1, 0.15) is 5.75 Å². The number of primary amides is 1. The second-order valence-electron chi connectivity index (χ2n) is 8.64. The quantitative estimate of drug-likeness (QED) is 0.551. The first-order valence-corrected chi connectivity index (χ1v) is 11.6. The molecule has 0 aliphatic carbocycles. The Kier molecular flexibility index (Phi) is 8.90. The minimum atomic E-state index is -0.274. The lowest BCUT2D eigenvalue weighted by Crippen LogP contribution is -2.47. The Hall–Kier alpha value is -2.61. The molecule has 0 saturated carbocycles. The molecule has 2 fully saturated rings. The van der Waals surface area contributed by atoms with Crippen molar-refractivity contribution in [1.82, 2.24) is 9.80 Å². The van der Waals surface area contributed by atoms with Gasteiger partial charge in [0.05, 0.1) is 12.6 Å². The molecule has 3 rings (SSSR count). The van der Waals surface area contributed by atoms with Crippen LogP contribution in [0.3, 0.4) is 0 Å². The third-order valence-electron chi connectivity index (χ3n) is 6.56. The molecule has 2 aliphatic rings. The van der Waals surface area contributed by atoms with Crippen LogP contribution in [0.2, 0.25) is 0 Å². The van der Waals surface area contributed by atoms with Crippen LogP contribution in [0.5, 0.6) is 5.75 Å². The van der Waals surface area contributed by atoms with E-state index in [1.807, 2.05) is 35.2 Å².